The van der Waals surface area contributed by atoms with E-state index in [1.807, 2.05) is 0 Å². The Kier molecular flexibility index (Phi) is 7.30. The van der Waals surface area contributed by atoms with Crippen molar-refractivity contribution in [2.75, 3.05) is 37.9 Å². The highest BCUT2D eigenvalue weighted by molar-refractivity contribution is 6.30. The molecule has 2 N–H and O–H groups in total. The van der Waals surface area contributed by atoms with E-state index in [2.05, 4.69) is 10.6 Å². The molecule has 0 atom stereocenters. The fourth-order valence-electron chi connectivity index (χ4n) is 2.36. The summed E-state index contributed by atoms with van der Waals surface area (Å²) in [6.45, 7) is -0.169. The summed E-state index contributed by atoms with van der Waals surface area (Å²) in [6, 6.07) is 10.7. The second-order valence-electron chi connectivity index (χ2n) is 5.92. The van der Waals surface area contributed by atoms with Gasteiger partial charge in [0.05, 0.1) is 31.2 Å². The molecular formula is C18H19ClN4O5. The van der Waals surface area contributed by atoms with Crippen LogP contribution in [0, 0.1) is 10.1 Å². The Morgan fingerprint density at radius 2 is 1.71 bits per heavy atom. The quantitative estimate of drug-likeness (QED) is 0.514. The number of rotatable bonds is 8. The highest BCUT2D eigenvalue weighted by Crippen LogP contribution is 2.28. The Morgan fingerprint density at radius 1 is 1.11 bits per heavy atom. The molecule has 0 fully saturated rings. The van der Waals surface area contributed by atoms with E-state index in [0.29, 0.717) is 16.5 Å². The summed E-state index contributed by atoms with van der Waals surface area (Å²) in [4.78, 5) is 36.3. The van der Waals surface area contributed by atoms with E-state index in [-0.39, 0.29) is 30.4 Å². The molecule has 9 nitrogen and oxygen atoms in total. The first kappa shape index (κ1) is 21.1. The summed E-state index contributed by atoms with van der Waals surface area (Å²) >= 11 is 5.79. The number of likely N-dealkylation sites (N-methyl/N-ethyl adjacent to an activating group) is 1. The van der Waals surface area contributed by atoms with E-state index in [4.69, 9.17) is 16.3 Å². The predicted molar refractivity (Wildman–Crippen MR) is 106 cm³/mol. The number of halogens is 1. The van der Waals surface area contributed by atoms with Crippen LogP contribution in [0.2, 0.25) is 5.02 Å². The molecule has 2 aromatic carbocycles. The third kappa shape index (κ3) is 6.22. The van der Waals surface area contributed by atoms with Gasteiger partial charge in [0.1, 0.15) is 11.4 Å². The Labute approximate surface area is 166 Å². The van der Waals surface area contributed by atoms with Crippen LogP contribution in [0.15, 0.2) is 42.5 Å². The third-order valence-corrected chi connectivity index (χ3v) is 3.88. The van der Waals surface area contributed by atoms with Gasteiger partial charge in [0, 0.05) is 10.7 Å². The Hall–Kier alpha value is -3.17. The van der Waals surface area contributed by atoms with Crippen molar-refractivity contribution in [1.29, 1.82) is 0 Å². The SMILES string of the molecule is COc1ccc(NC(=O)CN(C)CC(=O)Nc2ccc(Cl)cc2)c([N+](=O)[O-])c1. The molecule has 0 unspecified atom stereocenters. The zero-order valence-electron chi connectivity index (χ0n) is 15.3. The molecule has 0 aliphatic heterocycles. The second-order valence-corrected chi connectivity index (χ2v) is 6.35. The van der Waals surface area contributed by atoms with Gasteiger partial charge in [-0.2, -0.15) is 0 Å². The lowest BCUT2D eigenvalue weighted by Gasteiger charge is -2.16. The van der Waals surface area contributed by atoms with Crippen molar-refractivity contribution in [3.8, 4) is 5.75 Å². The number of carbonyl (C=O) groups is 2. The second kappa shape index (κ2) is 9.67. The number of hydrogen-bond acceptors (Lipinski definition) is 6. The van der Waals surface area contributed by atoms with Crippen molar-refractivity contribution < 1.29 is 19.2 Å². The van der Waals surface area contributed by atoms with Gasteiger partial charge in [0.25, 0.3) is 5.69 Å². The number of ether oxygens (including phenoxy) is 1. The number of carbonyl (C=O) groups excluding carboxylic acids is 2. The number of benzene rings is 2. The topological polar surface area (TPSA) is 114 Å². The van der Waals surface area contributed by atoms with Gasteiger partial charge in [-0.3, -0.25) is 24.6 Å². The van der Waals surface area contributed by atoms with Gasteiger partial charge < -0.3 is 15.4 Å². The average Bonchev–Trinajstić information content (AvgIpc) is 2.63. The van der Waals surface area contributed by atoms with Crippen LogP contribution in [-0.2, 0) is 9.59 Å². The number of anilines is 2. The molecule has 2 amide bonds. The minimum absolute atomic E-state index is 0.0409. The minimum atomic E-state index is -0.610. The summed E-state index contributed by atoms with van der Waals surface area (Å²) in [5.74, 6) is -0.496. The molecule has 0 spiro atoms. The average molecular weight is 407 g/mol. The van der Waals surface area contributed by atoms with Gasteiger partial charge >= 0.3 is 0 Å². The van der Waals surface area contributed by atoms with E-state index in [1.54, 1.807) is 31.3 Å². The highest BCUT2D eigenvalue weighted by atomic mass is 35.5. The number of nitrogens with one attached hydrogen (secondary N) is 2. The van der Waals surface area contributed by atoms with Gasteiger partial charge in [-0.1, -0.05) is 11.6 Å². The van der Waals surface area contributed by atoms with Gasteiger partial charge in [0.15, 0.2) is 0 Å². The van der Waals surface area contributed by atoms with Crippen LogP contribution in [-0.4, -0.2) is 48.9 Å². The van der Waals surface area contributed by atoms with Crippen LogP contribution in [0.25, 0.3) is 0 Å². The van der Waals surface area contributed by atoms with Gasteiger partial charge in [0.2, 0.25) is 11.8 Å². The molecule has 10 heteroatoms. The standard InChI is InChI=1S/C18H19ClN4O5/c1-22(10-17(24)20-13-5-3-12(19)4-6-13)11-18(25)21-15-8-7-14(28-2)9-16(15)23(26)27/h3-9H,10-11H2,1-2H3,(H,20,24)(H,21,25). The summed E-state index contributed by atoms with van der Waals surface area (Å²) < 4.78 is 4.95. The zero-order chi connectivity index (χ0) is 20.7. The first-order valence-corrected chi connectivity index (χ1v) is 8.52. The number of amides is 2. The monoisotopic (exact) mass is 406 g/mol. The number of nitrogens with zero attached hydrogens (tertiary/aromatic N) is 2. The molecule has 2 rings (SSSR count). The number of hydrogen-bond donors (Lipinski definition) is 2. The molecular weight excluding hydrogens is 388 g/mol. The van der Waals surface area contributed by atoms with Crippen LogP contribution in [0.1, 0.15) is 0 Å². The first-order chi connectivity index (χ1) is 13.3. The highest BCUT2D eigenvalue weighted by Gasteiger charge is 2.18. The molecule has 2 aromatic rings. The van der Waals surface area contributed by atoms with E-state index in [9.17, 15) is 19.7 Å². The maximum Gasteiger partial charge on any atom is 0.296 e. The maximum atomic E-state index is 12.2. The summed E-state index contributed by atoms with van der Waals surface area (Å²) in [5.41, 5.74) is 0.353. The van der Waals surface area contributed by atoms with E-state index in [1.165, 1.54) is 30.2 Å². The van der Waals surface area contributed by atoms with E-state index in [0.717, 1.165) is 0 Å². The normalized spacial score (nSPS) is 10.4. The van der Waals surface area contributed by atoms with E-state index < -0.39 is 10.8 Å². The van der Waals surface area contributed by atoms with Gasteiger partial charge in [-0.05, 0) is 43.4 Å². The fourth-order valence-corrected chi connectivity index (χ4v) is 2.49. The smallest absolute Gasteiger partial charge is 0.296 e. The molecule has 0 aliphatic carbocycles. The molecule has 0 saturated heterocycles. The molecule has 0 radical (unpaired) electrons. The molecule has 0 aromatic heterocycles. The molecule has 0 bridgehead atoms. The van der Waals surface area contributed by atoms with E-state index >= 15 is 0 Å². The molecule has 0 saturated carbocycles. The Bertz CT molecular complexity index is 873. The number of nitro benzene ring substituents is 1. The lowest BCUT2D eigenvalue weighted by atomic mass is 10.2. The van der Waals surface area contributed by atoms with Crippen LogP contribution >= 0.6 is 11.6 Å². The fraction of sp³-hybridized carbons (Fsp3) is 0.222. The Morgan fingerprint density at radius 3 is 2.29 bits per heavy atom. The van der Waals surface area contributed by atoms with Crippen molar-refractivity contribution in [2.45, 2.75) is 0 Å². The van der Waals surface area contributed by atoms with Crippen molar-refractivity contribution in [3.63, 3.8) is 0 Å². The molecule has 0 aliphatic rings. The van der Waals surface area contributed by atoms with Crippen molar-refractivity contribution in [1.82, 2.24) is 4.90 Å². The van der Waals surface area contributed by atoms with Crippen molar-refractivity contribution in [3.05, 3.63) is 57.6 Å². The summed E-state index contributed by atoms with van der Waals surface area (Å²) in [5, 5.41) is 16.9. The maximum absolute atomic E-state index is 12.2. The molecule has 28 heavy (non-hydrogen) atoms. The zero-order valence-corrected chi connectivity index (χ0v) is 16.0. The molecule has 0 heterocycles. The van der Waals surface area contributed by atoms with Crippen molar-refractivity contribution >= 4 is 40.5 Å². The summed E-state index contributed by atoms with van der Waals surface area (Å²) in [7, 11) is 2.98. The third-order valence-electron chi connectivity index (χ3n) is 3.63. The Balaban J connectivity index is 1.91. The van der Waals surface area contributed by atoms with Gasteiger partial charge in [-0.25, -0.2) is 0 Å². The van der Waals surface area contributed by atoms with Crippen LogP contribution < -0.4 is 15.4 Å². The first-order valence-electron chi connectivity index (χ1n) is 8.14. The lowest BCUT2D eigenvalue weighted by Crippen LogP contribution is -2.36. The summed E-state index contributed by atoms with van der Waals surface area (Å²) in [6.07, 6.45) is 0. The van der Waals surface area contributed by atoms with Gasteiger partial charge in [-0.15, -0.1) is 0 Å². The van der Waals surface area contributed by atoms with Crippen LogP contribution in [0.5, 0.6) is 5.75 Å². The number of methoxy groups -OCH3 is 1. The van der Waals surface area contributed by atoms with Crippen LogP contribution in [0.3, 0.4) is 0 Å². The lowest BCUT2D eigenvalue weighted by molar-refractivity contribution is -0.384. The predicted octanol–water partition coefficient (Wildman–Crippen LogP) is 2.77. The largest absolute Gasteiger partial charge is 0.496 e. The molecule has 148 valence electrons. The van der Waals surface area contributed by atoms with Crippen molar-refractivity contribution in [2.24, 2.45) is 0 Å². The van der Waals surface area contributed by atoms with Crippen LogP contribution in [0.4, 0.5) is 17.1 Å². The number of nitro groups is 1. The minimum Gasteiger partial charge on any atom is -0.496 e.